The van der Waals surface area contributed by atoms with Crippen molar-refractivity contribution in [3.63, 3.8) is 0 Å². The van der Waals surface area contributed by atoms with E-state index >= 15 is 0 Å². The Morgan fingerprint density at radius 3 is 2.68 bits per heavy atom. The van der Waals surface area contributed by atoms with Crippen LogP contribution >= 0.6 is 0 Å². The number of aliphatic hydroxyl groups excluding tert-OH is 1. The van der Waals surface area contributed by atoms with Gasteiger partial charge in [0, 0.05) is 24.8 Å². The average Bonchev–Trinajstić information content (AvgIpc) is 3.48. The number of nitrogens with two attached hydrogens (primary N) is 1. The first-order valence-corrected chi connectivity index (χ1v) is 11.4. The van der Waals surface area contributed by atoms with Crippen molar-refractivity contribution in [2.45, 2.75) is 31.2 Å². The summed E-state index contributed by atoms with van der Waals surface area (Å²) in [5, 5.41) is 20.4. The molecule has 2 aliphatic rings. The van der Waals surface area contributed by atoms with Crippen molar-refractivity contribution in [3.05, 3.63) is 36.4 Å². The van der Waals surface area contributed by atoms with Crippen molar-refractivity contribution in [3.8, 4) is 5.82 Å². The first kappa shape index (κ1) is 22.3. The van der Waals surface area contributed by atoms with Gasteiger partial charge >= 0.3 is 0 Å². The average molecular weight is 470 g/mol. The van der Waals surface area contributed by atoms with Gasteiger partial charge in [-0.2, -0.15) is 9.67 Å². The molecule has 1 saturated carbocycles. The summed E-state index contributed by atoms with van der Waals surface area (Å²) in [6.07, 6.45) is 5.26. The van der Waals surface area contributed by atoms with Crippen molar-refractivity contribution in [1.82, 2.24) is 24.7 Å². The Labute approximate surface area is 196 Å². The van der Waals surface area contributed by atoms with Crippen molar-refractivity contribution in [2.75, 3.05) is 54.2 Å². The van der Waals surface area contributed by atoms with Crippen LogP contribution in [0.4, 0.5) is 33.5 Å². The lowest BCUT2D eigenvalue weighted by Gasteiger charge is -2.29. The minimum absolute atomic E-state index is 0.0295. The molecule has 1 aliphatic heterocycles. The second-order valence-electron chi connectivity index (χ2n) is 8.63. The van der Waals surface area contributed by atoms with Crippen LogP contribution in [-0.4, -0.2) is 68.3 Å². The van der Waals surface area contributed by atoms with Crippen LogP contribution in [0, 0.1) is 5.82 Å². The lowest BCUT2D eigenvalue weighted by atomic mass is 9.99. The van der Waals surface area contributed by atoms with Gasteiger partial charge in [-0.1, -0.05) is 12.8 Å². The topological polar surface area (TPSA) is 139 Å². The first-order chi connectivity index (χ1) is 16.5. The summed E-state index contributed by atoms with van der Waals surface area (Å²) in [7, 11) is 0. The van der Waals surface area contributed by atoms with E-state index in [1.807, 2.05) is 6.07 Å². The predicted octanol–water partition coefficient (Wildman–Crippen LogP) is 2.08. The van der Waals surface area contributed by atoms with Crippen LogP contribution in [-0.2, 0) is 4.74 Å². The number of rotatable bonds is 7. The summed E-state index contributed by atoms with van der Waals surface area (Å²) in [5.41, 5.74) is 6.73. The van der Waals surface area contributed by atoms with Gasteiger partial charge in [-0.25, -0.2) is 14.4 Å². The molecule has 11 nitrogen and oxygen atoms in total. The zero-order valence-corrected chi connectivity index (χ0v) is 18.7. The van der Waals surface area contributed by atoms with Crippen molar-refractivity contribution in [2.24, 2.45) is 0 Å². The van der Waals surface area contributed by atoms with E-state index in [1.165, 1.54) is 17.1 Å². The van der Waals surface area contributed by atoms with E-state index in [0.29, 0.717) is 24.8 Å². The molecule has 5 rings (SSSR count). The number of aromatic nitrogens is 5. The lowest BCUT2D eigenvalue weighted by molar-refractivity contribution is 0.122. The molecule has 5 N–H and O–H groups in total. The molecule has 1 aliphatic carbocycles. The van der Waals surface area contributed by atoms with Crippen molar-refractivity contribution < 1.29 is 14.2 Å². The molecule has 180 valence electrons. The van der Waals surface area contributed by atoms with Crippen molar-refractivity contribution >= 4 is 29.1 Å². The maximum absolute atomic E-state index is 14.8. The summed E-state index contributed by atoms with van der Waals surface area (Å²) < 4.78 is 21.5. The number of halogens is 1. The monoisotopic (exact) mass is 469 g/mol. The van der Waals surface area contributed by atoms with Gasteiger partial charge < -0.3 is 31.1 Å². The Kier molecular flexibility index (Phi) is 6.16. The van der Waals surface area contributed by atoms with E-state index in [4.69, 9.17) is 10.5 Å². The molecule has 2 aromatic heterocycles. The van der Waals surface area contributed by atoms with E-state index in [0.717, 1.165) is 44.5 Å². The van der Waals surface area contributed by atoms with Crippen molar-refractivity contribution in [1.29, 1.82) is 0 Å². The fourth-order valence-corrected chi connectivity index (χ4v) is 4.47. The standard InChI is InChI=1S/C22H28FN9O2/c23-16-11-15(31-7-9-34-10-8-31)3-4-17(16)27-21-28-20(24)32(30-21)19-12-18(25-14-26-19)29-22(13-33)5-1-2-6-22/h3-4,11-12,14,33H,1-2,5-10,13H2,(H,25,26,29)(H3,24,27,28,30). The molecule has 1 saturated heterocycles. The lowest BCUT2D eigenvalue weighted by Crippen LogP contribution is -2.39. The first-order valence-electron chi connectivity index (χ1n) is 11.4. The summed E-state index contributed by atoms with van der Waals surface area (Å²) in [6.45, 7) is 2.74. The summed E-state index contributed by atoms with van der Waals surface area (Å²) in [6, 6.07) is 6.68. The Bertz CT molecular complexity index is 1140. The van der Waals surface area contributed by atoms with Gasteiger partial charge in [0.05, 0.1) is 31.0 Å². The number of hydrogen-bond acceptors (Lipinski definition) is 10. The van der Waals surface area contributed by atoms with E-state index < -0.39 is 5.82 Å². The normalized spacial score (nSPS) is 17.6. The van der Waals surface area contributed by atoms with Gasteiger partial charge in [0.15, 0.2) is 5.82 Å². The SMILES string of the molecule is Nc1nc(Nc2ccc(N3CCOCC3)cc2F)nn1-c1cc(NC2(CO)CCCC2)ncn1. The van der Waals surface area contributed by atoms with Crippen LogP contribution in [0.3, 0.4) is 0 Å². The maximum atomic E-state index is 14.8. The van der Waals surface area contributed by atoms with E-state index in [-0.39, 0.29) is 29.7 Å². The Morgan fingerprint density at radius 1 is 1.15 bits per heavy atom. The zero-order chi connectivity index (χ0) is 23.5. The third-order valence-electron chi connectivity index (χ3n) is 6.33. The molecule has 2 fully saturated rings. The minimum atomic E-state index is -0.418. The van der Waals surface area contributed by atoms with Crippen LogP contribution in [0.2, 0.25) is 0 Å². The van der Waals surface area contributed by atoms with E-state index in [1.54, 1.807) is 12.1 Å². The van der Waals surface area contributed by atoms with Gasteiger partial charge in [-0.15, -0.1) is 5.10 Å². The van der Waals surface area contributed by atoms with Gasteiger partial charge in [0.2, 0.25) is 11.9 Å². The number of anilines is 5. The third kappa shape index (κ3) is 4.59. The molecule has 3 heterocycles. The number of morpholine rings is 1. The molecular weight excluding hydrogens is 441 g/mol. The van der Waals surface area contributed by atoms with Gasteiger partial charge in [0.1, 0.15) is 18.0 Å². The van der Waals surface area contributed by atoms with Gasteiger partial charge in [-0.3, -0.25) is 0 Å². The van der Waals surface area contributed by atoms with Crippen LogP contribution in [0.1, 0.15) is 25.7 Å². The fourth-order valence-electron chi connectivity index (χ4n) is 4.47. The maximum Gasteiger partial charge on any atom is 0.248 e. The highest BCUT2D eigenvalue weighted by atomic mass is 19.1. The highest BCUT2D eigenvalue weighted by molar-refractivity contribution is 5.61. The molecule has 0 amide bonds. The minimum Gasteiger partial charge on any atom is -0.394 e. The molecule has 0 atom stereocenters. The number of ether oxygens (including phenoxy) is 1. The fraction of sp³-hybridized carbons (Fsp3) is 0.455. The Morgan fingerprint density at radius 2 is 1.94 bits per heavy atom. The van der Waals surface area contributed by atoms with Gasteiger partial charge in [0.25, 0.3) is 0 Å². The second-order valence-corrected chi connectivity index (χ2v) is 8.63. The molecule has 0 bridgehead atoms. The number of benzene rings is 1. The largest absolute Gasteiger partial charge is 0.394 e. The number of hydrogen-bond donors (Lipinski definition) is 4. The molecule has 0 radical (unpaired) electrons. The number of nitrogens with one attached hydrogen (secondary N) is 2. The second kappa shape index (κ2) is 9.39. The predicted molar refractivity (Wildman–Crippen MR) is 126 cm³/mol. The highest BCUT2D eigenvalue weighted by Gasteiger charge is 2.33. The van der Waals surface area contributed by atoms with Gasteiger partial charge in [-0.05, 0) is 31.0 Å². The molecule has 1 aromatic carbocycles. The smallest absolute Gasteiger partial charge is 0.248 e. The number of nitrogen functional groups attached to an aromatic ring is 1. The highest BCUT2D eigenvalue weighted by Crippen LogP contribution is 2.32. The third-order valence-corrected chi connectivity index (χ3v) is 6.33. The summed E-state index contributed by atoms with van der Waals surface area (Å²) in [4.78, 5) is 14.8. The van der Waals surface area contributed by atoms with E-state index in [9.17, 15) is 9.50 Å². The van der Waals surface area contributed by atoms with E-state index in [2.05, 4.69) is 35.6 Å². The number of nitrogens with zero attached hydrogens (tertiary/aromatic N) is 6. The molecule has 0 spiro atoms. The van der Waals surface area contributed by atoms with Crippen LogP contribution < -0.4 is 21.3 Å². The molecule has 0 unspecified atom stereocenters. The molecule has 12 heteroatoms. The molecular formula is C22H28FN9O2. The zero-order valence-electron chi connectivity index (χ0n) is 18.7. The molecule has 3 aromatic rings. The molecule has 34 heavy (non-hydrogen) atoms. The number of aliphatic hydroxyl groups is 1. The summed E-state index contributed by atoms with van der Waals surface area (Å²) >= 11 is 0. The van der Waals surface area contributed by atoms with Crippen LogP contribution in [0.5, 0.6) is 0 Å². The summed E-state index contributed by atoms with van der Waals surface area (Å²) in [5.74, 6) is 0.791. The van der Waals surface area contributed by atoms with Crippen LogP contribution in [0.25, 0.3) is 5.82 Å². The van der Waals surface area contributed by atoms with Crippen LogP contribution in [0.15, 0.2) is 30.6 Å². The Balaban J connectivity index is 1.33. The Hall–Kier alpha value is -3.51. The quantitative estimate of drug-likeness (QED) is 0.407.